The SMILES string of the molecule is Cc1ccc(N(C(=O)Cn2nnc(-c3cccs3)n2)C(C(=O)NCc2ccccc2)c2ccc(Cl)cc2)cc1. The highest BCUT2D eigenvalue weighted by Gasteiger charge is 2.33. The van der Waals surface area contributed by atoms with Gasteiger partial charge in [0.2, 0.25) is 11.7 Å². The van der Waals surface area contributed by atoms with Gasteiger partial charge in [-0.2, -0.15) is 4.80 Å². The molecule has 10 heteroatoms. The lowest BCUT2D eigenvalue weighted by Gasteiger charge is -2.31. The van der Waals surface area contributed by atoms with E-state index >= 15 is 0 Å². The van der Waals surface area contributed by atoms with Crippen LogP contribution in [0.1, 0.15) is 22.7 Å². The standard InChI is InChI=1S/C29H25ClN6O2S/c1-20-9-15-24(16-10-20)36(26(37)19-35-33-28(32-34-35)25-8-5-17-39-25)27(22-11-13-23(30)14-12-22)29(38)31-18-21-6-3-2-4-7-21/h2-17,27H,18-19H2,1H3,(H,31,38). The number of carbonyl (C=O) groups is 2. The van der Waals surface area contributed by atoms with E-state index in [1.807, 2.05) is 79.0 Å². The van der Waals surface area contributed by atoms with Gasteiger partial charge in [-0.05, 0) is 59.0 Å². The number of nitrogens with one attached hydrogen (secondary N) is 1. The Bertz CT molecular complexity index is 1540. The molecular weight excluding hydrogens is 532 g/mol. The van der Waals surface area contributed by atoms with Crippen LogP contribution in [0, 0.1) is 6.92 Å². The number of nitrogens with zero attached hydrogens (tertiary/aromatic N) is 5. The molecule has 0 bridgehead atoms. The Hall–Kier alpha value is -4.34. The molecule has 8 nitrogen and oxygen atoms in total. The van der Waals surface area contributed by atoms with Crippen molar-refractivity contribution in [2.24, 2.45) is 0 Å². The molecule has 2 heterocycles. The Balaban J connectivity index is 1.50. The minimum atomic E-state index is -0.971. The van der Waals surface area contributed by atoms with Crippen LogP contribution in [0.15, 0.2) is 96.4 Å². The van der Waals surface area contributed by atoms with Gasteiger partial charge in [0.05, 0.1) is 4.88 Å². The summed E-state index contributed by atoms with van der Waals surface area (Å²) in [5, 5.41) is 18.0. The molecule has 39 heavy (non-hydrogen) atoms. The van der Waals surface area contributed by atoms with Gasteiger partial charge >= 0.3 is 0 Å². The van der Waals surface area contributed by atoms with Crippen LogP contribution in [0.5, 0.6) is 0 Å². The van der Waals surface area contributed by atoms with E-state index in [4.69, 9.17) is 11.6 Å². The zero-order chi connectivity index (χ0) is 27.2. The Morgan fingerprint density at radius 1 is 0.974 bits per heavy atom. The van der Waals surface area contributed by atoms with Crippen molar-refractivity contribution in [1.29, 1.82) is 0 Å². The maximum Gasteiger partial charge on any atom is 0.251 e. The fraction of sp³-hybridized carbons (Fsp3) is 0.138. The summed E-state index contributed by atoms with van der Waals surface area (Å²) in [6.07, 6.45) is 0. The van der Waals surface area contributed by atoms with Gasteiger partial charge in [0.25, 0.3) is 5.91 Å². The average molecular weight is 557 g/mol. The normalized spacial score (nSPS) is 11.6. The van der Waals surface area contributed by atoms with E-state index in [2.05, 4.69) is 20.7 Å². The molecule has 0 spiro atoms. The van der Waals surface area contributed by atoms with Crippen LogP contribution in [0.2, 0.25) is 5.02 Å². The van der Waals surface area contributed by atoms with E-state index in [1.165, 1.54) is 21.0 Å². The molecule has 0 saturated carbocycles. The van der Waals surface area contributed by atoms with Crippen molar-refractivity contribution in [3.63, 3.8) is 0 Å². The predicted molar refractivity (Wildman–Crippen MR) is 152 cm³/mol. The third-order valence-electron chi connectivity index (χ3n) is 6.05. The number of aryl methyl sites for hydroxylation is 1. The number of anilines is 1. The van der Waals surface area contributed by atoms with Crippen molar-refractivity contribution in [1.82, 2.24) is 25.5 Å². The van der Waals surface area contributed by atoms with E-state index in [1.54, 1.807) is 24.3 Å². The van der Waals surface area contributed by atoms with Gasteiger partial charge in [0.1, 0.15) is 12.6 Å². The lowest BCUT2D eigenvalue weighted by molar-refractivity contribution is -0.127. The first-order valence-corrected chi connectivity index (χ1v) is 13.5. The molecule has 0 aliphatic heterocycles. The minimum absolute atomic E-state index is 0.206. The lowest BCUT2D eigenvalue weighted by Crippen LogP contribution is -2.45. The van der Waals surface area contributed by atoms with Crippen LogP contribution in [0.3, 0.4) is 0 Å². The van der Waals surface area contributed by atoms with Gasteiger partial charge in [0, 0.05) is 17.3 Å². The molecule has 5 aromatic rings. The Labute approximate surface area is 234 Å². The highest BCUT2D eigenvalue weighted by molar-refractivity contribution is 7.13. The maximum absolute atomic E-state index is 13.9. The van der Waals surface area contributed by atoms with Crippen LogP contribution in [-0.4, -0.2) is 32.0 Å². The second kappa shape index (κ2) is 12.0. The monoisotopic (exact) mass is 556 g/mol. The topological polar surface area (TPSA) is 93.0 Å². The number of tetrazole rings is 1. The quantitative estimate of drug-likeness (QED) is 0.260. The van der Waals surface area contributed by atoms with Crippen LogP contribution in [0.4, 0.5) is 5.69 Å². The molecule has 3 aromatic carbocycles. The molecule has 0 aliphatic rings. The number of hydrogen-bond donors (Lipinski definition) is 1. The number of amides is 2. The number of benzene rings is 3. The van der Waals surface area contributed by atoms with Crippen molar-refractivity contribution in [2.75, 3.05) is 4.90 Å². The first-order chi connectivity index (χ1) is 19.0. The van der Waals surface area contributed by atoms with Crippen LogP contribution >= 0.6 is 22.9 Å². The number of aromatic nitrogens is 4. The largest absolute Gasteiger partial charge is 0.350 e. The van der Waals surface area contributed by atoms with Crippen LogP contribution in [0.25, 0.3) is 10.7 Å². The van der Waals surface area contributed by atoms with E-state index in [-0.39, 0.29) is 18.4 Å². The van der Waals surface area contributed by atoms with Gasteiger partial charge in [-0.15, -0.1) is 21.5 Å². The van der Waals surface area contributed by atoms with E-state index in [0.717, 1.165) is 16.0 Å². The summed E-state index contributed by atoms with van der Waals surface area (Å²) in [7, 11) is 0. The third-order valence-corrected chi connectivity index (χ3v) is 7.17. The highest BCUT2D eigenvalue weighted by atomic mass is 35.5. The molecule has 1 unspecified atom stereocenters. The predicted octanol–water partition coefficient (Wildman–Crippen LogP) is 5.45. The first-order valence-electron chi connectivity index (χ1n) is 12.3. The Morgan fingerprint density at radius 3 is 2.41 bits per heavy atom. The fourth-order valence-corrected chi connectivity index (χ4v) is 4.87. The van der Waals surface area contributed by atoms with Crippen LogP contribution in [-0.2, 0) is 22.7 Å². The summed E-state index contributed by atoms with van der Waals surface area (Å²) < 4.78 is 0. The average Bonchev–Trinajstić information content (AvgIpc) is 3.65. The van der Waals surface area contributed by atoms with E-state index in [9.17, 15) is 9.59 Å². The summed E-state index contributed by atoms with van der Waals surface area (Å²) in [4.78, 5) is 31.3. The number of hydrogen-bond acceptors (Lipinski definition) is 6. The van der Waals surface area contributed by atoms with E-state index < -0.39 is 6.04 Å². The zero-order valence-electron chi connectivity index (χ0n) is 21.1. The summed E-state index contributed by atoms with van der Waals surface area (Å²) >= 11 is 7.64. The van der Waals surface area contributed by atoms with Gasteiger partial charge in [-0.3, -0.25) is 14.5 Å². The summed E-state index contributed by atoms with van der Waals surface area (Å²) in [6, 6.07) is 26.8. The molecular formula is C29H25ClN6O2S. The first kappa shape index (κ1) is 26.3. The Kier molecular flexibility index (Phi) is 8.10. The highest BCUT2D eigenvalue weighted by Crippen LogP contribution is 2.30. The maximum atomic E-state index is 13.9. The summed E-state index contributed by atoms with van der Waals surface area (Å²) in [5.74, 6) is -0.265. The zero-order valence-corrected chi connectivity index (χ0v) is 22.6. The molecule has 0 fully saturated rings. The molecule has 0 radical (unpaired) electrons. The molecule has 2 amide bonds. The number of rotatable bonds is 9. The molecule has 2 aromatic heterocycles. The van der Waals surface area contributed by atoms with Crippen molar-refractivity contribution < 1.29 is 9.59 Å². The second-order valence-electron chi connectivity index (χ2n) is 8.88. The van der Waals surface area contributed by atoms with Crippen molar-refractivity contribution in [2.45, 2.75) is 26.1 Å². The third kappa shape index (κ3) is 6.39. The molecule has 0 aliphatic carbocycles. The van der Waals surface area contributed by atoms with Crippen molar-refractivity contribution in [3.8, 4) is 10.7 Å². The fourth-order valence-electron chi connectivity index (χ4n) is 4.10. The Morgan fingerprint density at radius 2 is 1.72 bits per heavy atom. The molecule has 5 rings (SSSR count). The lowest BCUT2D eigenvalue weighted by atomic mass is 10.0. The van der Waals surface area contributed by atoms with Gasteiger partial charge in [-0.25, -0.2) is 0 Å². The van der Waals surface area contributed by atoms with E-state index in [0.29, 0.717) is 28.6 Å². The van der Waals surface area contributed by atoms with Crippen molar-refractivity contribution >= 4 is 40.4 Å². The molecule has 0 saturated heterocycles. The number of halogens is 1. The summed E-state index contributed by atoms with van der Waals surface area (Å²) in [5.41, 5.74) is 3.16. The van der Waals surface area contributed by atoms with Gasteiger partial charge in [0.15, 0.2) is 0 Å². The minimum Gasteiger partial charge on any atom is -0.350 e. The smallest absolute Gasteiger partial charge is 0.251 e. The second-order valence-corrected chi connectivity index (χ2v) is 10.3. The summed E-state index contributed by atoms with van der Waals surface area (Å²) in [6.45, 7) is 2.07. The van der Waals surface area contributed by atoms with Crippen LogP contribution < -0.4 is 10.2 Å². The molecule has 1 atom stereocenters. The molecule has 1 N–H and O–H groups in total. The van der Waals surface area contributed by atoms with Gasteiger partial charge in [-0.1, -0.05) is 77.8 Å². The van der Waals surface area contributed by atoms with Gasteiger partial charge < -0.3 is 5.32 Å². The molecule has 196 valence electrons. The number of carbonyl (C=O) groups excluding carboxylic acids is 2. The number of thiophene rings is 1. The van der Waals surface area contributed by atoms with Crippen molar-refractivity contribution in [3.05, 3.63) is 118 Å².